The Labute approximate surface area is 167 Å². The molecule has 0 spiro atoms. The predicted octanol–water partition coefficient (Wildman–Crippen LogP) is 5.28. The van der Waals surface area contributed by atoms with Gasteiger partial charge in [0.1, 0.15) is 5.78 Å². The molecule has 0 aliphatic carbocycles. The number of hydrogen-bond acceptors (Lipinski definition) is 2. The molecular weight excluding hydrogens is 410 g/mol. The van der Waals surface area contributed by atoms with Crippen molar-refractivity contribution < 1.29 is 31.1 Å². The van der Waals surface area contributed by atoms with Gasteiger partial charge in [0.05, 0.1) is 17.2 Å². The minimum Gasteiger partial charge on any atom is -0.361 e. The minimum atomic E-state index is -4.92. The summed E-state index contributed by atoms with van der Waals surface area (Å²) in [5, 5.41) is 0.897. The number of carbonyl (C=O) groups excluding carboxylic acids is 1. The molecule has 2 aromatic carbocycles. The van der Waals surface area contributed by atoms with Gasteiger partial charge in [-0.1, -0.05) is 18.2 Å². The summed E-state index contributed by atoms with van der Waals surface area (Å²) in [5.41, 5.74) is 4.60. The van der Waals surface area contributed by atoms with Gasteiger partial charge in [0.2, 0.25) is 0 Å². The van der Waals surface area contributed by atoms with E-state index in [9.17, 15) is 31.1 Å². The van der Waals surface area contributed by atoms with Crippen molar-refractivity contribution in [1.29, 1.82) is 0 Å². The average Bonchev–Trinajstić information content (AvgIpc) is 3.07. The number of hydrogen-bond donors (Lipinski definition) is 2. The molecule has 0 fully saturated rings. The number of nitrogens with one attached hydrogen (secondary N) is 1. The van der Waals surface area contributed by atoms with Crippen LogP contribution in [0.1, 0.15) is 28.7 Å². The molecule has 0 aliphatic heterocycles. The first-order chi connectivity index (χ1) is 13.9. The maximum atomic E-state index is 12.9. The second-order valence-corrected chi connectivity index (χ2v) is 7.05. The molecule has 3 aromatic rings. The summed E-state index contributed by atoms with van der Waals surface area (Å²) in [4.78, 5) is 15.4. The third-order valence-corrected chi connectivity index (χ3v) is 4.84. The lowest BCUT2D eigenvalue weighted by atomic mass is 9.96. The number of benzene rings is 2. The van der Waals surface area contributed by atoms with Crippen LogP contribution in [0.4, 0.5) is 26.3 Å². The van der Waals surface area contributed by atoms with Crippen molar-refractivity contribution in [2.45, 2.75) is 37.7 Å². The number of alkyl halides is 6. The van der Waals surface area contributed by atoms with E-state index in [-0.39, 0.29) is 30.9 Å². The van der Waals surface area contributed by atoms with E-state index < -0.39 is 35.3 Å². The molecule has 0 saturated carbocycles. The number of para-hydroxylation sites is 1. The lowest BCUT2D eigenvalue weighted by molar-refractivity contribution is -0.143. The SMILES string of the molecule is NC(Cc1c[nH]c2ccccc12)C(=O)CCc1cc(C(F)(F)F)cc(C(F)(F)F)c1. The van der Waals surface area contributed by atoms with E-state index >= 15 is 0 Å². The third-order valence-electron chi connectivity index (χ3n) is 4.84. The summed E-state index contributed by atoms with van der Waals surface area (Å²) >= 11 is 0. The molecule has 1 atom stereocenters. The molecule has 0 aliphatic rings. The number of halogens is 6. The molecule has 1 aromatic heterocycles. The van der Waals surface area contributed by atoms with Gasteiger partial charge in [0.25, 0.3) is 0 Å². The zero-order chi connectivity index (χ0) is 22.1. The average molecular weight is 428 g/mol. The van der Waals surface area contributed by atoms with Gasteiger partial charge < -0.3 is 10.7 Å². The number of nitrogens with two attached hydrogens (primary N) is 1. The fourth-order valence-electron chi connectivity index (χ4n) is 3.27. The summed E-state index contributed by atoms with van der Waals surface area (Å²) in [6.07, 6.45) is -8.45. The maximum absolute atomic E-state index is 12.9. The van der Waals surface area contributed by atoms with E-state index in [1.54, 1.807) is 6.20 Å². The third kappa shape index (κ3) is 5.02. The number of aromatic amines is 1. The number of H-pyrrole nitrogens is 1. The van der Waals surface area contributed by atoms with Crippen LogP contribution in [0, 0.1) is 0 Å². The molecule has 1 heterocycles. The van der Waals surface area contributed by atoms with Crippen molar-refractivity contribution in [3.8, 4) is 0 Å². The van der Waals surface area contributed by atoms with Crippen molar-refractivity contribution in [2.24, 2.45) is 5.73 Å². The lowest BCUT2D eigenvalue weighted by Crippen LogP contribution is -2.32. The largest absolute Gasteiger partial charge is 0.416 e. The Morgan fingerprint density at radius 1 is 0.967 bits per heavy atom. The van der Waals surface area contributed by atoms with Gasteiger partial charge in [-0.2, -0.15) is 26.3 Å². The normalized spacial score (nSPS) is 13.6. The van der Waals surface area contributed by atoms with Gasteiger partial charge in [0.15, 0.2) is 0 Å². The monoisotopic (exact) mass is 428 g/mol. The van der Waals surface area contributed by atoms with E-state index in [0.29, 0.717) is 12.1 Å². The first kappa shape index (κ1) is 21.9. The summed E-state index contributed by atoms with van der Waals surface area (Å²) in [5.74, 6) is -0.439. The zero-order valence-corrected chi connectivity index (χ0v) is 15.6. The Hall–Kier alpha value is -2.81. The number of Topliss-reactive ketones (excluding diaryl/α,β-unsaturated/α-hetero) is 1. The standard InChI is InChI=1S/C21H18F6N2O/c22-20(23,24)14-7-12(8-15(10-14)21(25,26)27)5-6-19(30)17(28)9-13-11-29-18-4-2-1-3-16(13)18/h1-4,7-8,10-11,17,29H,5-6,9,28H2. The molecule has 160 valence electrons. The van der Waals surface area contributed by atoms with E-state index in [2.05, 4.69) is 4.98 Å². The highest BCUT2D eigenvalue weighted by atomic mass is 19.4. The Morgan fingerprint density at radius 3 is 2.17 bits per heavy atom. The Bertz CT molecular complexity index is 1020. The van der Waals surface area contributed by atoms with Gasteiger partial charge in [0, 0.05) is 23.5 Å². The van der Waals surface area contributed by atoms with Crippen LogP contribution in [0.3, 0.4) is 0 Å². The molecule has 0 amide bonds. The minimum absolute atomic E-state index is 0.0636. The lowest BCUT2D eigenvalue weighted by Gasteiger charge is -2.15. The molecule has 3 nitrogen and oxygen atoms in total. The van der Waals surface area contributed by atoms with Gasteiger partial charge in [-0.05, 0) is 48.2 Å². The Kier molecular flexibility index (Phi) is 5.94. The number of rotatable bonds is 6. The molecular formula is C21H18F6N2O. The summed E-state index contributed by atoms with van der Waals surface area (Å²) in [6, 6.07) is 7.81. The fraction of sp³-hybridized carbons (Fsp3) is 0.286. The topological polar surface area (TPSA) is 58.9 Å². The summed E-state index contributed by atoms with van der Waals surface area (Å²) < 4.78 is 77.7. The smallest absolute Gasteiger partial charge is 0.361 e. The van der Waals surface area contributed by atoms with Crippen molar-refractivity contribution in [3.63, 3.8) is 0 Å². The number of carbonyl (C=O) groups is 1. The number of ketones is 1. The number of aromatic nitrogens is 1. The number of fused-ring (bicyclic) bond motifs is 1. The molecule has 3 N–H and O–H groups in total. The zero-order valence-electron chi connectivity index (χ0n) is 15.6. The maximum Gasteiger partial charge on any atom is 0.416 e. The molecule has 0 radical (unpaired) electrons. The molecule has 1 unspecified atom stereocenters. The molecule has 30 heavy (non-hydrogen) atoms. The second kappa shape index (κ2) is 8.14. The highest BCUT2D eigenvalue weighted by molar-refractivity contribution is 5.87. The van der Waals surface area contributed by atoms with Crippen LogP contribution in [0.5, 0.6) is 0 Å². The van der Waals surface area contributed by atoms with Crippen LogP contribution >= 0.6 is 0 Å². The van der Waals surface area contributed by atoms with Crippen molar-refractivity contribution in [2.75, 3.05) is 0 Å². The Balaban J connectivity index is 1.71. The predicted molar refractivity (Wildman–Crippen MR) is 99.8 cm³/mol. The van der Waals surface area contributed by atoms with Crippen LogP contribution in [0.25, 0.3) is 10.9 Å². The molecule has 0 saturated heterocycles. The van der Waals surface area contributed by atoms with Gasteiger partial charge >= 0.3 is 12.4 Å². The van der Waals surface area contributed by atoms with Crippen molar-refractivity contribution in [1.82, 2.24) is 4.98 Å². The van der Waals surface area contributed by atoms with Crippen molar-refractivity contribution >= 4 is 16.7 Å². The molecule has 3 rings (SSSR count). The van der Waals surface area contributed by atoms with Crippen LogP contribution in [-0.2, 0) is 30.0 Å². The van der Waals surface area contributed by atoms with E-state index in [0.717, 1.165) is 16.5 Å². The van der Waals surface area contributed by atoms with Crippen LogP contribution in [0.15, 0.2) is 48.7 Å². The quantitative estimate of drug-likeness (QED) is 0.525. The van der Waals surface area contributed by atoms with Gasteiger partial charge in [-0.3, -0.25) is 4.79 Å². The van der Waals surface area contributed by atoms with Crippen LogP contribution < -0.4 is 5.73 Å². The van der Waals surface area contributed by atoms with E-state index in [4.69, 9.17) is 5.73 Å². The second-order valence-electron chi connectivity index (χ2n) is 7.05. The fourth-order valence-corrected chi connectivity index (χ4v) is 3.27. The van der Waals surface area contributed by atoms with Crippen molar-refractivity contribution in [3.05, 3.63) is 70.9 Å². The molecule has 9 heteroatoms. The first-order valence-corrected chi connectivity index (χ1v) is 9.07. The van der Waals surface area contributed by atoms with Gasteiger partial charge in [-0.25, -0.2) is 0 Å². The highest BCUT2D eigenvalue weighted by Gasteiger charge is 2.36. The van der Waals surface area contributed by atoms with Crippen LogP contribution in [-0.4, -0.2) is 16.8 Å². The summed E-state index contributed by atoms with van der Waals surface area (Å²) in [6.45, 7) is 0. The first-order valence-electron chi connectivity index (χ1n) is 9.07. The van der Waals surface area contributed by atoms with E-state index in [1.807, 2.05) is 24.3 Å². The summed E-state index contributed by atoms with van der Waals surface area (Å²) in [7, 11) is 0. The van der Waals surface area contributed by atoms with E-state index in [1.165, 1.54) is 0 Å². The van der Waals surface area contributed by atoms with Crippen LogP contribution in [0.2, 0.25) is 0 Å². The van der Waals surface area contributed by atoms with Gasteiger partial charge in [-0.15, -0.1) is 0 Å². The Morgan fingerprint density at radius 2 is 1.57 bits per heavy atom. The number of aryl methyl sites for hydroxylation is 1. The molecule has 0 bridgehead atoms. The highest BCUT2D eigenvalue weighted by Crippen LogP contribution is 2.36.